The van der Waals surface area contributed by atoms with E-state index < -0.39 is 47.5 Å². The van der Waals surface area contributed by atoms with Gasteiger partial charge in [0, 0.05) is 11.5 Å². The highest BCUT2D eigenvalue weighted by Crippen LogP contribution is 2.44. The summed E-state index contributed by atoms with van der Waals surface area (Å²) in [7, 11) is 0. The summed E-state index contributed by atoms with van der Waals surface area (Å²) < 4.78 is 46.4. The Balaban J connectivity index is 1.51. The zero-order valence-electron chi connectivity index (χ0n) is 16.6. The van der Waals surface area contributed by atoms with Crippen LogP contribution in [0.15, 0.2) is 60.7 Å². The first-order valence-electron chi connectivity index (χ1n) is 9.83. The number of nitrogens with one attached hydrogen (secondary N) is 1. The van der Waals surface area contributed by atoms with Crippen molar-refractivity contribution in [2.75, 3.05) is 6.61 Å². The lowest BCUT2D eigenvalue weighted by atomic mass is 9.98. The van der Waals surface area contributed by atoms with E-state index in [0.29, 0.717) is 6.07 Å². The number of hydrogen-bond donors (Lipinski definition) is 2. The highest BCUT2D eigenvalue weighted by atomic mass is 19.2. The van der Waals surface area contributed by atoms with Crippen molar-refractivity contribution in [1.82, 2.24) is 5.32 Å². The molecule has 0 bridgehead atoms. The first-order chi connectivity index (χ1) is 15.4. The van der Waals surface area contributed by atoms with E-state index >= 15 is 0 Å². The fraction of sp³-hybridized carbons (Fsp3) is 0.167. The van der Waals surface area contributed by atoms with Gasteiger partial charge >= 0.3 is 12.1 Å². The van der Waals surface area contributed by atoms with Crippen molar-refractivity contribution in [3.05, 3.63) is 94.8 Å². The van der Waals surface area contributed by atoms with E-state index in [1.165, 1.54) is 0 Å². The molecule has 164 valence electrons. The molecule has 0 radical (unpaired) electrons. The Kier molecular flexibility index (Phi) is 5.85. The van der Waals surface area contributed by atoms with Crippen molar-refractivity contribution in [1.29, 1.82) is 0 Å². The summed E-state index contributed by atoms with van der Waals surface area (Å²) >= 11 is 0. The highest BCUT2D eigenvalue weighted by Gasteiger charge is 2.30. The zero-order chi connectivity index (χ0) is 22.8. The molecule has 3 aromatic carbocycles. The minimum absolute atomic E-state index is 0.0418. The molecule has 0 fully saturated rings. The summed E-state index contributed by atoms with van der Waals surface area (Å²) in [5, 5.41) is 11.4. The van der Waals surface area contributed by atoms with Gasteiger partial charge in [0.15, 0.2) is 17.5 Å². The number of halogens is 3. The van der Waals surface area contributed by atoms with Crippen LogP contribution in [0.2, 0.25) is 0 Å². The van der Waals surface area contributed by atoms with Gasteiger partial charge in [-0.15, -0.1) is 0 Å². The van der Waals surface area contributed by atoms with Gasteiger partial charge in [0.1, 0.15) is 6.61 Å². The van der Waals surface area contributed by atoms with E-state index in [4.69, 9.17) is 9.84 Å². The third-order valence-electron chi connectivity index (χ3n) is 5.45. The molecule has 1 atom stereocenters. The standard InChI is InChI=1S/C24H18F3NO4/c25-19-10-9-17(22(26)23(19)27)20(11-21(29)30)28-24(31)32-12-18-15-7-3-1-5-13(15)14-6-2-4-8-16(14)18/h1-10,18,20H,11-12H2,(H,28,31)(H,29,30)/t20-/m0/s1. The van der Waals surface area contributed by atoms with Gasteiger partial charge in [0.25, 0.3) is 0 Å². The number of ether oxygens (including phenoxy) is 1. The largest absolute Gasteiger partial charge is 0.481 e. The van der Waals surface area contributed by atoms with E-state index in [0.717, 1.165) is 28.3 Å². The lowest BCUT2D eigenvalue weighted by Gasteiger charge is -2.20. The maximum absolute atomic E-state index is 14.2. The van der Waals surface area contributed by atoms with Crippen LogP contribution in [-0.4, -0.2) is 23.8 Å². The number of carboxylic acids is 1. The maximum atomic E-state index is 14.2. The van der Waals surface area contributed by atoms with Crippen molar-refractivity contribution >= 4 is 12.1 Å². The molecule has 0 heterocycles. The normalized spacial score (nSPS) is 13.2. The van der Waals surface area contributed by atoms with Crippen molar-refractivity contribution in [3.63, 3.8) is 0 Å². The van der Waals surface area contributed by atoms with Gasteiger partial charge in [-0.1, -0.05) is 54.6 Å². The van der Waals surface area contributed by atoms with Crippen LogP contribution >= 0.6 is 0 Å². The molecular weight excluding hydrogens is 423 g/mol. The molecule has 0 spiro atoms. The number of hydrogen-bond acceptors (Lipinski definition) is 3. The van der Waals surface area contributed by atoms with Crippen LogP contribution in [0.5, 0.6) is 0 Å². The Hall–Kier alpha value is -3.81. The molecule has 0 saturated heterocycles. The minimum Gasteiger partial charge on any atom is -0.481 e. The Morgan fingerprint density at radius 1 is 0.906 bits per heavy atom. The molecule has 0 aromatic heterocycles. The van der Waals surface area contributed by atoms with Gasteiger partial charge in [0.2, 0.25) is 0 Å². The Labute approximate surface area is 181 Å². The van der Waals surface area contributed by atoms with E-state index in [-0.39, 0.29) is 12.5 Å². The maximum Gasteiger partial charge on any atom is 0.407 e. The first kappa shape index (κ1) is 21.4. The average molecular weight is 441 g/mol. The van der Waals surface area contributed by atoms with E-state index in [1.54, 1.807) is 0 Å². The van der Waals surface area contributed by atoms with Crippen molar-refractivity contribution in [2.24, 2.45) is 0 Å². The second-order valence-corrected chi connectivity index (χ2v) is 7.38. The molecule has 3 aromatic rings. The van der Waals surface area contributed by atoms with Gasteiger partial charge < -0.3 is 15.2 Å². The van der Waals surface area contributed by atoms with Crippen molar-refractivity contribution < 1.29 is 32.6 Å². The van der Waals surface area contributed by atoms with Crippen LogP contribution < -0.4 is 5.32 Å². The summed E-state index contributed by atoms with van der Waals surface area (Å²) in [6, 6.07) is 15.5. The second-order valence-electron chi connectivity index (χ2n) is 7.38. The fourth-order valence-corrected chi connectivity index (χ4v) is 4.01. The molecule has 1 aliphatic carbocycles. The predicted molar refractivity (Wildman–Crippen MR) is 110 cm³/mol. The SMILES string of the molecule is O=C(O)C[C@H](NC(=O)OCC1c2ccccc2-c2ccccc21)c1ccc(F)c(F)c1F. The van der Waals surface area contributed by atoms with Crippen LogP contribution in [-0.2, 0) is 9.53 Å². The summed E-state index contributed by atoms with van der Waals surface area (Å²) in [6.07, 6.45) is -1.74. The first-order valence-corrected chi connectivity index (χ1v) is 9.83. The fourth-order valence-electron chi connectivity index (χ4n) is 4.01. The van der Waals surface area contributed by atoms with Crippen LogP contribution in [0.25, 0.3) is 11.1 Å². The van der Waals surface area contributed by atoms with Crippen LogP contribution in [0.4, 0.5) is 18.0 Å². The highest BCUT2D eigenvalue weighted by molar-refractivity contribution is 5.79. The molecule has 8 heteroatoms. The summed E-state index contributed by atoms with van der Waals surface area (Å²) in [5.74, 6) is -6.31. The molecule has 0 aliphatic heterocycles. The molecule has 5 nitrogen and oxygen atoms in total. The number of rotatable bonds is 6. The molecule has 32 heavy (non-hydrogen) atoms. The summed E-state index contributed by atoms with van der Waals surface area (Å²) in [4.78, 5) is 23.6. The number of carboxylic acid groups (broad SMARTS) is 1. The van der Waals surface area contributed by atoms with E-state index in [1.807, 2.05) is 48.5 Å². The predicted octanol–water partition coefficient (Wildman–Crippen LogP) is 5.16. The van der Waals surface area contributed by atoms with Crippen molar-refractivity contribution in [3.8, 4) is 11.1 Å². The third-order valence-corrected chi connectivity index (χ3v) is 5.45. The van der Waals surface area contributed by atoms with Gasteiger partial charge in [-0.2, -0.15) is 0 Å². The summed E-state index contributed by atoms with van der Waals surface area (Å²) in [5.41, 5.74) is 3.54. The molecule has 0 unspecified atom stereocenters. The van der Waals surface area contributed by atoms with Crippen LogP contribution in [0.1, 0.15) is 35.1 Å². The van der Waals surface area contributed by atoms with Crippen LogP contribution in [0.3, 0.4) is 0 Å². The summed E-state index contributed by atoms with van der Waals surface area (Å²) in [6.45, 7) is -0.0418. The second kappa shape index (κ2) is 8.74. The molecule has 1 amide bonds. The number of alkyl carbamates (subject to hydrolysis) is 1. The lowest BCUT2D eigenvalue weighted by molar-refractivity contribution is -0.137. The van der Waals surface area contributed by atoms with Crippen molar-refractivity contribution in [2.45, 2.75) is 18.4 Å². The number of fused-ring (bicyclic) bond motifs is 3. The number of carbonyl (C=O) groups excluding carboxylic acids is 1. The van der Waals surface area contributed by atoms with E-state index in [2.05, 4.69) is 5.32 Å². The Morgan fingerprint density at radius 3 is 2.09 bits per heavy atom. The average Bonchev–Trinajstić information content (AvgIpc) is 3.09. The Bertz CT molecular complexity index is 1150. The van der Waals surface area contributed by atoms with Gasteiger partial charge in [-0.05, 0) is 28.3 Å². The number of benzene rings is 3. The van der Waals surface area contributed by atoms with Gasteiger partial charge in [0.05, 0.1) is 12.5 Å². The minimum atomic E-state index is -1.74. The zero-order valence-corrected chi connectivity index (χ0v) is 16.6. The topological polar surface area (TPSA) is 75.6 Å². The van der Waals surface area contributed by atoms with Gasteiger partial charge in [-0.25, -0.2) is 18.0 Å². The number of carbonyl (C=O) groups is 2. The molecule has 2 N–H and O–H groups in total. The van der Waals surface area contributed by atoms with Crippen LogP contribution in [0, 0.1) is 17.5 Å². The quantitative estimate of drug-likeness (QED) is 0.519. The smallest absolute Gasteiger partial charge is 0.407 e. The Morgan fingerprint density at radius 2 is 1.50 bits per heavy atom. The van der Waals surface area contributed by atoms with Gasteiger partial charge in [-0.3, -0.25) is 4.79 Å². The molecule has 0 saturated carbocycles. The molecule has 1 aliphatic rings. The third kappa shape index (κ3) is 4.03. The number of amides is 1. The monoisotopic (exact) mass is 441 g/mol. The van der Waals surface area contributed by atoms with E-state index in [9.17, 15) is 22.8 Å². The lowest BCUT2D eigenvalue weighted by Crippen LogP contribution is -2.32. The molecular formula is C24H18F3NO4. The number of aliphatic carboxylic acids is 1. The molecule has 4 rings (SSSR count).